The van der Waals surface area contributed by atoms with E-state index in [0.717, 1.165) is 42.7 Å². The Morgan fingerprint density at radius 2 is 1.94 bits per heavy atom. The number of imidazole rings is 1. The van der Waals surface area contributed by atoms with E-state index < -0.39 is 11.9 Å². The highest BCUT2D eigenvalue weighted by Gasteiger charge is 2.39. The number of fused-ring (bicyclic) bond motifs is 2. The Morgan fingerprint density at radius 1 is 1.11 bits per heavy atom. The van der Waals surface area contributed by atoms with Crippen LogP contribution in [0.1, 0.15) is 41.6 Å². The summed E-state index contributed by atoms with van der Waals surface area (Å²) in [6, 6.07) is 10.6. The van der Waals surface area contributed by atoms with E-state index in [1.807, 2.05) is 45.8 Å². The first-order chi connectivity index (χ1) is 17.5. The van der Waals surface area contributed by atoms with E-state index in [4.69, 9.17) is 4.98 Å². The van der Waals surface area contributed by atoms with Gasteiger partial charge in [0.1, 0.15) is 23.2 Å². The quantitative estimate of drug-likeness (QED) is 0.532. The lowest BCUT2D eigenvalue weighted by atomic mass is 10.0. The molecule has 1 unspecified atom stereocenters. The van der Waals surface area contributed by atoms with Gasteiger partial charge in [-0.15, -0.1) is 0 Å². The molecule has 0 spiro atoms. The van der Waals surface area contributed by atoms with Crippen molar-refractivity contribution in [2.75, 3.05) is 25.0 Å². The summed E-state index contributed by atoms with van der Waals surface area (Å²) in [5.41, 5.74) is 3.59. The van der Waals surface area contributed by atoms with Gasteiger partial charge in [0.15, 0.2) is 0 Å². The van der Waals surface area contributed by atoms with E-state index >= 15 is 0 Å². The lowest BCUT2D eigenvalue weighted by Crippen LogP contribution is -2.52. The number of aromatic nitrogens is 2. The van der Waals surface area contributed by atoms with Crippen molar-refractivity contribution < 1.29 is 19.2 Å². The largest absolute Gasteiger partial charge is 0.360 e. The molecule has 2 N–H and O–H groups in total. The Labute approximate surface area is 207 Å². The minimum atomic E-state index is -0.657. The molecule has 0 aliphatic carbocycles. The first kappa shape index (κ1) is 22.3. The molecule has 10 nitrogen and oxygen atoms in total. The summed E-state index contributed by atoms with van der Waals surface area (Å²) in [7, 11) is 0. The Hall–Kier alpha value is -4.21. The van der Waals surface area contributed by atoms with Gasteiger partial charge in [-0.05, 0) is 49.1 Å². The fraction of sp³-hybridized carbons (Fsp3) is 0.346. The van der Waals surface area contributed by atoms with Crippen LogP contribution in [0, 0.1) is 0 Å². The van der Waals surface area contributed by atoms with E-state index in [1.54, 1.807) is 6.07 Å². The minimum absolute atomic E-state index is 0.0590. The number of anilines is 1. The molecule has 0 saturated carbocycles. The number of piperidine rings is 1. The summed E-state index contributed by atoms with van der Waals surface area (Å²) in [5.74, 6) is -0.177. The predicted molar refractivity (Wildman–Crippen MR) is 131 cm³/mol. The number of pyridine rings is 1. The number of hydrogen-bond donors (Lipinski definition) is 2. The minimum Gasteiger partial charge on any atom is -0.360 e. The van der Waals surface area contributed by atoms with Gasteiger partial charge in [0.05, 0.1) is 6.54 Å². The maximum Gasteiger partial charge on any atom is 0.255 e. The van der Waals surface area contributed by atoms with E-state index in [-0.39, 0.29) is 37.2 Å². The molecule has 0 radical (unpaired) electrons. The molecule has 36 heavy (non-hydrogen) atoms. The highest BCUT2D eigenvalue weighted by atomic mass is 16.2. The normalized spacial score (nSPS) is 19.7. The molecule has 2 saturated heterocycles. The summed E-state index contributed by atoms with van der Waals surface area (Å²) >= 11 is 0. The predicted octanol–water partition coefficient (Wildman–Crippen LogP) is 1.80. The van der Waals surface area contributed by atoms with Crippen LogP contribution in [0.25, 0.3) is 16.9 Å². The van der Waals surface area contributed by atoms with Crippen LogP contribution in [-0.4, -0.2) is 68.5 Å². The smallest absolute Gasteiger partial charge is 0.255 e. The molecule has 0 bridgehead atoms. The second kappa shape index (κ2) is 8.78. The van der Waals surface area contributed by atoms with Crippen LogP contribution in [0.15, 0.2) is 42.6 Å². The third-order valence-corrected chi connectivity index (χ3v) is 7.19. The number of imide groups is 1. The van der Waals surface area contributed by atoms with Gasteiger partial charge in [0.2, 0.25) is 17.7 Å². The molecule has 3 aliphatic heterocycles. The van der Waals surface area contributed by atoms with Crippen LogP contribution in [0.2, 0.25) is 0 Å². The van der Waals surface area contributed by atoms with E-state index in [1.165, 1.54) is 4.90 Å². The number of rotatable bonds is 5. The number of nitrogens with one attached hydrogen (secondary N) is 2. The molecule has 4 amide bonds. The van der Waals surface area contributed by atoms with Crippen LogP contribution in [0.5, 0.6) is 0 Å². The number of amides is 4. The first-order valence-electron chi connectivity index (χ1n) is 12.3. The van der Waals surface area contributed by atoms with Crippen molar-refractivity contribution in [1.29, 1.82) is 0 Å². The zero-order valence-electron chi connectivity index (χ0n) is 19.7. The number of hydrogen-bond acceptors (Lipinski definition) is 6. The van der Waals surface area contributed by atoms with Gasteiger partial charge in [-0.1, -0.05) is 12.1 Å². The van der Waals surface area contributed by atoms with Crippen LogP contribution in [0.4, 0.5) is 5.82 Å². The molecular formula is C26H26N6O4. The van der Waals surface area contributed by atoms with Gasteiger partial charge in [-0.2, -0.15) is 0 Å². The highest BCUT2D eigenvalue weighted by Crippen LogP contribution is 2.34. The van der Waals surface area contributed by atoms with Crippen LogP contribution < -0.4 is 10.6 Å². The molecule has 1 atom stereocenters. The fourth-order valence-electron chi connectivity index (χ4n) is 5.33. The van der Waals surface area contributed by atoms with Gasteiger partial charge in [0.25, 0.3) is 5.91 Å². The SMILES string of the molecule is O=C1CCC(N2Cc3cc(-c4nc5ccccn5c4NCC(=O)N4CCCC4)ccc3C2=O)C(=O)N1. The Kier molecular flexibility index (Phi) is 5.43. The highest BCUT2D eigenvalue weighted by molar-refractivity contribution is 6.05. The zero-order chi connectivity index (χ0) is 24.8. The first-order valence-corrected chi connectivity index (χ1v) is 12.3. The Bertz CT molecular complexity index is 1410. The molecule has 2 fully saturated rings. The van der Waals surface area contributed by atoms with E-state index in [2.05, 4.69) is 10.6 Å². The summed E-state index contributed by atoms with van der Waals surface area (Å²) in [6.45, 7) is 2.05. The van der Waals surface area contributed by atoms with Crippen molar-refractivity contribution in [3.05, 3.63) is 53.7 Å². The zero-order valence-corrected chi connectivity index (χ0v) is 19.7. The number of benzene rings is 1. The van der Waals surface area contributed by atoms with Crippen molar-refractivity contribution in [1.82, 2.24) is 24.5 Å². The molecule has 184 valence electrons. The average molecular weight is 487 g/mol. The maximum atomic E-state index is 13.1. The van der Waals surface area contributed by atoms with Crippen molar-refractivity contribution in [2.24, 2.45) is 0 Å². The number of carbonyl (C=O) groups is 4. The summed E-state index contributed by atoms with van der Waals surface area (Å²) < 4.78 is 1.92. The molecule has 10 heteroatoms. The second-order valence-corrected chi connectivity index (χ2v) is 9.45. The summed E-state index contributed by atoms with van der Waals surface area (Å²) in [5, 5.41) is 5.64. The van der Waals surface area contributed by atoms with Gasteiger partial charge in [-0.3, -0.25) is 28.9 Å². The third kappa shape index (κ3) is 3.78. The van der Waals surface area contributed by atoms with E-state index in [9.17, 15) is 19.2 Å². The maximum absolute atomic E-state index is 13.1. The van der Waals surface area contributed by atoms with Gasteiger partial charge < -0.3 is 15.1 Å². The van der Waals surface area contributed by atoms with Crippen molar-refractivity contribution in [3.8, 4) is 11.3 Å². The fourth-order valence-corrected chi connectivity index (χ4v) is 5.33. The summed E-state index contributed by atoms with van der Waals surface area (Å²) in [6.07, 6.45) is 4.51. The van der Waals surface area contributed by atoms with Crippen LogP contribution in [-0.2, 0) is 20.9 Å². The van der Waals surface area contributed by atoms with Crippen molar-refractivity contribution >= 4 is 35.1 Å². The molecule has 6 rings (SSSR count). The van der Waals surface area contributed by atoms with Crippen LogP contribution >= 0.6 is 0 Å². The van der Waals surface area contributed by atoms with Crippen LogP contribution in [0.3, 0.4) is 0 Å². The Balaban J connectivity index is 1.30. The number of likely N-dealkylation sites (tertiary alicyclic amines) is 1. The lowest BCUT2D eigenvalue weighted by Gasteiger charge is -2.29. The Morgan fingerprint density at radius 3 is 2.75 bits per heavy atom. The molecule has 2 aromatic heterocycles. The van der Waals surface area contributed by atoms with Gasteiger partial charge >= 0.3 is 0 Å². The molecular weight excluding hydrogens is 460 g/mol. The monoisotopic (exact) mass is 486 g/mol. The van der Waals surface area contributed by atoms with E-state index in [0.29, 0.717) is 23.5 Å². The van der Waals surface area contributed by atoms with Gasteiger partial charge in [0, 0.05) is 43.4 Å². The number of nitrogens with zero attached hydrogens (tertiary/aromatic N) is 4. The van der Waals surface area contributed by atoms with Gasteiger partial charge in [-0.25, -0.2) is 4.98 Å². The molecule has 1 aromatic carbocycles. The third-order valence-electron chi connectivity index (χ3n) is 7.19. The second-order valence-electron chi connectivity index (χ2n) is 9.45. The van der Waals surface area contributed by atoms with Crippen molar-refractivity contribution in [2.45, 2.75) is 38.3 Å². The molecule has 3 aliphatic rings. The van der Waals surface area contributed by atoms with Crippen molar-refractivity contribution in [3.63, 3.8) is 0 Å². The average Bonchev–Trinajstić information content (AvgIpc) is 3.61. The lowest BCUT2D eigenvalue weighted by molar-refractivity contribution is -0.137. The topological polar surface area (TPSA) is 116 Å². The number of carbonyl (C=O) groups excluding carboxylic acids is 4. The standard InChI is InChI=1S/C26H26N6O4/c33-21-9-8-19(25(35)29-21)32-15-17-13-16(6-7-18(17)26(32)36)23-24(31-12-2-1-5-20(31)28-23)27-14-22(34)30-10-3-4-11-30/h1-2,5-7,12-13,19,27H,3-4,8-11,14-15H2,(H,29,33,35). The summed E-state index contributed by atoms with van der Waals surface area (Å²) in [4.78, 5) is 57.9. The molecule has 5 heterocycles. The molecule has 3 aromatic rings.